The molecule has 0 heterocycles. The van der Waals surface area contributed by atoms with E-state index in [1.54, 1.807) is 0 Å². The second-order valence-electron chi connectivity index (χ2n) is 3.52. The van der Waals surface area contributed by atoms with Gasteiger partial charge in [0.15, 0.2) is 0 Å². The van der Waals surface area contributed by atoms with E-state index in [0.717, 1.165) is 0 Å². The Morgan fingerprint density at radius 2 is 1.93 bits per heavy atom. The van der Waals surface area contributed by atoms with Gasteiger partial charge in [-0.3, -0.25) is 4.79 Å². The molecule has 0 spiro atoms. The highest BCUT2D eigenvalue weighted by molar-refractivity contribution is 5.85. The highest BCUT2D eigenvalue weighted by Crippen LogP contribution is 2.33. The predicted octanol–water partition coefficient (Wildman–Crippen LogP) is 1.65. The molecule has 2 atom stereocenters. The first kappa shape index (κ1) is 13.6. The minimum Gasteiger partial charge on any atom is -0.481 e. The van der Waals surface area contributed by atoms with Gasteiger partial charge in [0.2, 0.25) is 0 Å². The topological polar surface area (TPSA) is 63.3 Å². The number of carboxylic acids is 1. The van der Waals surface area contributed by atoms with Gasteiger partial charge in [-0.2, -0.15) is 0 Å². The fourth-order valence-electron chi connectivity index (χ4n) is 1.54. The van der Waals surface area contributed by atoms with Crippen molar-refractivity contribution in [2.24, 2.45) is 11.7 Å². The molecule has 0 amide bonds. The van der Waals surface area contributed by atoms with Crippen molar-refractivity contribution in [1.82, 2.24) is 0 Å². The quantitative estimate of drug-likeness (QED) is 0.672. The molecule has 0 radical (unpaired) electrons. The summed E-state index contributed by atoms with van der Waals surface area (Å²) in [5.41, 5.74) is 5.23. The van der Waals surface area contributed by atoms with Gasteiger partial charge >= 0.3 is 5.97 Å². The number of nitrogens with two attached hydrogens (primary N) is 1. The van der Waals surface area contributed by atoms with Crippen LogP contribution in [-0.4, -0.2) is 23.0 Å². The SMILES string of the molecule is Cl.N[C@@H]1CC[C@@H](C(=O)O)CCC1(F)F. The lowest BCUT2D eigenvalue weighted by Gasteiger charge is -2.19. The van der Waals surface area contributed by atoms with Gasteiger partial charge < -0.3 is 10.8 Å². The molecule has 14 heavy (non-hydrogen) atoms. The molecule has 3 N–H and O–H groups in total. The van der Waals surface area contributed by atoms with Gasteiger partial charge in [0, 0.05) is 6.42 Å². The molecule has 3 nitrogen and oxygen atoms in total. The van der Waals surface area contributed by atoms with Gasteiger partial charge in [0.25, 0.3) is 5.92 Å². The summed E-state index contributed by atoms with van der Waals surface area (Å²) in [5.74, 6) is -4.55. The molecule has 1 fully saturated rings. The second kappa shape index (κ2) is 4.89. The maximum absolute atomic E-state index is 13.0. The second-order valence-corrected chi connectivity index (χ2v) is 3.52. The van der Waals surface area contributed by atoms with Crippen molar-refractivity contribution >= 4 is 18.4 Å². The minimum absolute atomic E-state index is 0. The monoisotopic (exact) mass is 229 g/mol. The van der Waals surface area contributed by atoms with E-state index in [1.807, 2.05) is 0 Å². The molecule has 84 valence electrons. The zero-order chi connectivity index (χ0) is 10.1. The van der Waals surface area contributed by atoms with Crippen LogP contribution < -0.4 is 5.73 Å². The smallest absolute Gasteiger partial charge is 0.306 e. The number of aliphatic carboxylic acids is 1. The van der Waals surface area contributed by atoms with Crippen molar-refractivity contribution in [2.75, 3.05) is 0 Å². The zero-order valence-corrected chi connectivity index (χ0v) is 8.40. The standard InChI is InChI=1S/C8H13F2NO2.ClH/c9-8(10)4-3-5(7(12)13)1-2-6(8)11;/h5-6H,1-4,11H2,(H,12,13);1H/t5-,6-;/m1./s1. The van der Waals surface area contributed by atoms with Gasteiger partial charge in [0.05, 0.1) is 12.0 Å². The maximum Gasteiger partial charge on any atom is 0.306 e. The molecule has 0 unspecified atom stereocenters. The van der Waals surface area contributed by atoms with Crippen molar-refractivity contribution in [3.05, 3.63) is 0 Å². The van der Waals surface area contributed by atoms with Crippen molar-refractivity contribution in [3.8, 4) is 0 Å². The fourth-order valence-corrected chi connectivity index (χ4v) is 1.54. The van der Waals surface area contributed by atoms with Gasteiger partial charge in [-0.25, -0.2) is 8.78 Å². The van der Waals surface area contributed by atoms with Crippen molar-refractivity contribution in [2.45, 2.75) is 37.6 Å². The molecule has 1 aliphatic carbocycles. The summed E-state index contributed by atoms with van der Waals surface area (Å²) in [6.45, 7) is 0. The molecular formula is C8H14ClF2NO2. The van der Waals surface area contributed by atoms with Gasteiger partial charge in [-0.1, -0.05) is 0 Å². The molecule has 6 heteroatoms. The van der Waals surface area contributed by atoms with Gasteiger partial charge in [-0.05, 0) is 19.3 Å². The summed E-state index contributed by atoms with van der Waals surface area (Å²) < 4.78 is 26.0. The molecule has 1 aliphatic rings. The fraction of sp³-hybridized carbons (Fsp3) is 0.875. The minimum atomic E-state index is -2.90. The van der Waals surface area contributed by atoms with E-state index >= 15 is 0 Å². The average molecular weight is 230 g/mol. The van der Waals surface area contributed by atoms with Crippen LogP contribution in [0.1, 0.15) is 25.7 Å². The molecule has 0 saturated heterocycles. The van der Waals surface area contributed by atoms with Crippen LogP contribution in [0.4, 0.5) is 8.78 Å². The lowest BCUT2D eigenvalue weighted by molar-refractivity contribution is -0.142. The highest BCUT2D eigenvalue weighted by Gasteiger charge is 2.40. The number of carboxylic acid groups (broad SMARTS) is 1. The number of alkyl halides is 2. The van der Waals surface area contributed by atoms with E-state index in [-0.39, 0.29) is 31.7 Å². The van der Waals surface area contributed by atoms with Crippen LogP contribution in [0, 0.1) is 5.92 Å². The summed E-state index contributed by atoms with van der Waals surface area (Å²) in [6, 6.07) is -1.18. The number of rotatable bonds is 1. The zero-order valence-electron chi connectivity index (χ0n) is 7.58. The summed E-state index contributed by atoms with van der Waals surface area (Å²) in [7, 11) is 0. The molecule has 0 aromatic heterocycles. The first-order valence-electron chi connectivity index (χ1n) is 4.29. The number of halogens is 3. The Morgan fingerprint density at radius 3 is 2.43 bits per heavy atom. The maximum atomic E-state index is 13.0. The average Bonchev–Trinajstić information content (AvgIpc) is 2.13. The first-order valence-corrected chi connectivity index (χ1v) is 4.29. The lowest BCUT2D eigenvalue weighted by Crippen LogP contribution is -2.39. The summed E-state index contributed by atoms with van der Waals surface area (Å²) in [6.07, 6.45) is -0.0444. The Labute approximate surface area is 87.1 Å². The lowest BCUT2D eigenvalue weighted by atomic mass is 10.0. The number of hydrogen-bond acceptors (Lipinski definition) is 2. The third kappa shape index (κ3) is 3.06. The van der Waals surface area contributed by atoms with Crippen LogP contribution in [0.2, 0.25) is 0 Å². The summed E-state index contributed by atoms with van der Waals surface area (Å²) in [4.78, 5) is 10.5. The molecule has 1 saturated carbocycles. The Hall–Kier alpha value is -0.420. The van der Waals surface area contributed by atoms with E-state index in [0.29, 0.717) is 0 Å². The third-order valence-corrected chi connectivity index (χ3v) is 2.54. The first-order chi connectivity index (χ1) is 5.93. The van der Waals surface area contributed by atoms with E-state index in [2.05, 4.69) is 0 Å². The highest BCUT2D eigenvalue weighted by atomic mass is 35.5. The summed E-state index contributed by atoms with van der Waals surface area (Å²) in [5, 5.41) is 8.63. The van der Waals surface area contributed by atoms with Crippen LogP contribution in [0.15, 0.2) is 0 Å². The largest absolute Gasteiger partial charge is 0.481 e. The Balaban J connectivity index is 0.00000169. The molecule has 0 aromatic rings. The normalized spacial score (nSPS) is 31.4. The van der Waals surface area contributed by atoms with Crippen LogP contribution in [0.25, 0.3) is 0 Å². The van der Waals surface area contributed by atoms with Crippen LogP contribution in [0.5, 0.6) is 0 Å². The predicted molar refractivity (Wildman–Crippen MR) is 49.8 cm³/mol. The van der Waals surface area contributed by atoms with Crippen LogP contribution in [0.3, 0.4) is 0 Å². The van der Waals surface area contributed by atoms with E-state index < -0.39 is 30.3 Å². The molecular weight excluding hydrogens is 216 g/mol. The summed E-state index contributed by atoms with van der Waals surface area (Å²) >= 11 is 0. The van der Waals surface area contributed by atoms with E-state index in [1.165, 1.54) is 0 Å². The Morgan fingerprint density at radius 1 is 1.36 bits per heavy atom. The number of carbonyl (C=O) groups is 1. The van der Waals surface area contributed by atoms with E-state index in [4.69, 9.17) is 10.8 Å². The molecule has 0 aliphatic heterocycles. The van der Waals surface area contributed by atoms with Crippen molar-refractivity contribution < 1.29 is 18.7 Å². The molecule has 1 rings (SSSR count). The van der Waals surface area contributed by atoms with Gasteiger partial charge in [-0.15, -0.1) is 12.4 Å². The van der Waals surface area contributed by atoms with E-state index in [9.17, 15) is 13.6 Å². The molecule has 0 bridgehead atoms. The van der Waals surface area contributed by atoms with Gasteiger partial charge in [0.1, 0.15) is 0 Å². The van der Waals surface area contributed by atoms with Crippen molar-refractivity contribution in [1.29, 1.82) is 0 Å². The van der Waals surface area contributed by atoms with Crippen LogP contribution in [-0.2, 0) is 4.79 Å². The Kier molecular flexibility index (Phi) is 4.74. The van der Waals surface area contributed by atoms with Crippen LogP contribution >= 0.6 is 12.4 Å². The Bertz CT molecular complexity index is 214. The number of hydrogen-bond donors (Lipinski definition) is 2. The van der Waals surface area contributed by atoms with Crippen molar-refractivity contribution in [3.63, 3.8) is 0 Å². The third-order valence-electron chi connectivity index (χ3n) is 2.54. The molecule has 0 aromatic carbocycles.